The van der Waals surface area contributed by atoms with Crippen LogP contribution >= 0.6 is 0 Å². The Bertz CT molecular complexity index is 771. The van der Waals surface area contributed by atoms with Gasteiger partial charge in [-0.3, -0.25) is 9.59 Å². The molecule has 1 aliphatic heterocycles. The molecule has 3 rings (SSSR count). The molecule has 1 heterocycles. The Labute approximate surface area is 152 Å². The molecule has 6 heteroatoms. The summed E-state index contributed by atoms with van der Waals surface area (Å²) in [5, 5.41) is 5.21. The fourth-order valence-corrected chi connectivity index (χ4v) is 3.03. The third kappa shape index (κ3) is 5.05. The Morgan fingerprint density at radius 1 is 0.885 bits per heavy atom. The Hall–Kier alpha value is -2.89. The summed E-state index contributed by atoms with van der Waals surface area (Å²) >= 11 is 0. The van der Waals surface area contributed by atoms with Crippen molar-refractivity contribution >= 4 is 28.9 Å². The first kappa shape index (κ1) is 17.9. The van der Waals surface area contributed by atoms with Crippen LogP contribution in [0.4, 0.5) is 21.5 Å². The number of hydrogen-bond acceptors (Lipinski definition) is 3. The highest BCUT2D eigenvalue weighted by atomic mass is 19.1. The minimum Gasteiger partial charge on any atom is -0.372 e. The molecule has 0 unspecified atom stereocenters. The summed E-state index contributed by atoms with van der Waals surface area (Å²) in [5.74, 6) is -1.34. The van der Waals surface area contributed by atoms with Gasteiger partial charge in [0, 0.05) is 30.2 Å². The maximum Gasteiger partial charge on any atom is 0.233 e. The van der Waals surface area contributed by atoms with Gasteiger partial charge in [0.2, 0.25) is 11.8 Å². The van der Waals surface area contributed by atoms with Gasteiger partial charge < -0.3 is 15.5 Å². The van der Waals surface area contributed by atoms with E-state index in [0.717, 1.165) is 18.8 Å². The van der Waals surface area contributed by atoms with Gasteiger partial charge in [-0.25, -0.2) is 4.39 Å². The number of rotatable bonds is 5. The molecule has 2 aromatic carbocycles. The molecule has 0 aliphatic carbocycles. The van der Waals surface area contributed by atoms with Crippen LogP contribution < -0.4 is 15.5 Å². The van der Waals surface area contributed by atoms with Crippen molar-refractivity contribution in [3.05, 3.63) is 54.3 Å². The minimum atomic E-state index is -0.488. The first-order valence-corrected chi connectivity index (χ1v) is 8.80. The van der Waals surface area contributed by atoms with E-state index in [1.807, 2.05) is 24.3 Å². The second-order valence-electron chi connectivity index (χ2n) is 6.38. The predicted molar refractivity (Wildman–Crippen MR) is 101 cm³/mol. The molecular weight excluding hydrogens is 333 g/mol. The van der Waals surface area contributed by atoms with Gasteiger partial charge in [-0.05, 0) is 61.7 Å². The van der Waals surface area contributed by atoms with Gasteiger partial charge in [-0.15, -0.1) is 0 Å². The van der Waals surface area contributed by atoms with E-state index in [0.29, 0.717) is 11.4 Å². The van der Waals surface area contributed by atoms with Crippen LogP contribution in [0.25, 0.3) is 0 Å². The minimum absolute atomic E-state index is 0.327. The van der Waals surface area contributed by atoms with E-state index in [2.05, 4.69) is 15.5 Å². The molecule has 0 spiro atoms. The molecule has 1 fully saturated rings. The second-order valence-corrected chi connectivity index (χ2v) is 6.38. The molecule has 2 N–H and O–H groups in total. The lowest BCUT2D eigenvalue weighted by molar-refractivity contribution is -0.123. The highest BCUT2D eigenvalue weighted by Crippen LogP contribution is 2.21. The zero-order chi connectivity index (χ0) is 18.4. The lowest BCUT2D eigenvalue weighted by Crippen LogP contribution is -2.29. The normalized spacial score (nSPS) is 14.0. The number of amides is 2. The topological polar surface area (TPSA) is 61.4 Å². The summed E-state index contributed by atoms with van der Waals surface area (Å²) < 4.78 is 13.1. The molecule has 0 aromatic heterocycles. The van der Waals surface area contributed by atoms with Gasteiger partial charge >= 0.3 is 0 Å². The van der Waals surface area contributed by atoms with E-state index in [-0.39, 0.29) is 6.42 Å². The molecule has 0 atom stereocenters. The third-order valence-corrected chi connectivity index (χ3v) is 4.30. The van der Waals surface area contributed by atoms with Crippen LogP contribution in [0.1, 0.15) is 25.7 Å². The molecule has 1 aliphatic rings. The Kier molecular flexibility index (Phi) is 5.84. The van der Waals surface area contributed by atoms with Crippen molar-refractivity contribution in [2.24, 2.45) is 0 Å². The van der Waals surface area contributed by atoms with Crippen molar-refractivity contribution in [2.75, 3.05) is 28.6 Å². The van der Waals surface area contributed by atoms with Crippen molar-refractivity contribution in [2.45, 2.75) is 25.7 Å². The Morgan fingerprint density at radius 3 is 2.19 bits per heavy atom. The highest BCUT2D eigenvalue weighted by Gasteiger charge is 2.12. The number of carbonyl (C=O) groups excluding carboxylic acids is 2. The predicted octanol–water partition coefficient (Wildman–Crippen LogP) is 3.78. The van der Waals surface area contributed by atoms with Crippen molar-refractivity contribution in [3.8, 4) is 0 Å². The molecule has 26 heavy (non-hydrogen) atoms. The summed E-state index contributed by atoms with van der Waals surface area (Å²) in [6.07, 6.45) is 3.37. The summed E-state index contributed by atoms with van der Waals surface area (Å²) in [4.78, 5) is 26.2. The third-order valence-electron chi connectivity index (χ3n) is 4.30. The lowest BCUT2D eigenvalue weighted by Gasteiger charge is -2.28. The van der Waals surface area contributed by atoms with Crippen molar-refractivity contribution in [1.82, 2.24) is 0 Å². The van der Waals surface area contributed by atoms with Crippen LogP contribution in [0.15, 0.2) is 48.5 Å². The zero-order valence-electron chi connectivity index (χ0n) is 14.5. The van der Waals surface area contributed by atoms with Crippen molar-refractivity contribution in [1.29, 1.82) is 0 Å². The number of anilines is 3. The maximum atomic E-state index is 13.1. The van der Waals surface area contributed by atoms with Crippen LogP contribution in [0, 0.1) is 5.82 Å². The molecule has 2 aromatic rings. The SMILES string of the molecule is O=C(CC(=O)Nc1cccc(F)c1)Nc1ccc(N2CCCCC2)cc1. The second kappa shape index (κ2) is 8.47. The summed E-state index contributed by atoms with van der Waals surface area (Å²) in [5.41, 5.74) is 2.12. The molecule has 5 nitrogen and oxygen atoms in total. The number of benzene rings is 2. The zero-order valence-corrected chi connectivity index (χ0v) is 14.5. The maximum absolute atomic E-state index is 13.1. The van der Waals surface area contributed by atoms with Crippen LogP contribution in [0.3, 0.4) is 0 Å². The largest absolute Gasteiger partial charge is 0.372 e. The molecule has 2 amide bonds. The van der Waals surface area contributed by atoms with Crippen LogP contribution in [-0.2, 0) is 9.59 Å². The van der Waals surface area contributed by atoms with Crippen LogP contribution in [0.5, 0.6) is 0 Å². The van der Waals surface area contributed by atoms with E-state index in [1.165, 1.54) is 37.5 Å². The van der Waals surface area contributed by atoms with Gasteiger partial charge in [-0.2, -0.15) is 0 Å². The monoisotopic (exact) mass is 355 g/mol. The average molecular weight is 355 g/mol. The fourth-order valence-electron chi connectivity index (χ4n) is 3.03. The lowest BCUT2D eigenvalue weighted by atomic mass is 10.1. The van der Waals surface area contributed by atoms with Gasteiger partial charge in [-0.1, -0.05) is 6.07 Å². The summed E-state index contributed by atoms with van der Waals surface area (Å²) in [6.45, 7) is 2.12. The standard InChI is InChI=1S/C20H22FN3O2/c21-15-5-4-6-17(13-15)23-20(26)14-19(25)22-16-7-9-18(10-8-16)24-11-2-1-3-12-24/h4-10,13H,1-3,11-12,14H2,(H,22,25)(H,23,26). The van der Waals surface area contributed by atoms with Crippen LogP contribution in [0.2, 0.25) is 0 Å². The number of hydrogen-bond donors (Lipinski definition) is 2. The fraction of sp³-hybridized carbons (Fsp3) is 0.300. The number of carbonyl (C=O) groups is 2. The molecule has 0 radical (unpaired) electrons. The highest BCUT2D eigenvalue weighted by molar-refractivity contribution is 6.08. The van der Waals surface area contributed by atoms with E-state index < -0.39 is 17.6 Å². The van der Waals surface area contributed by atoms with E-state index >= 15 is 0 Å². The van der Waals surface area contributed by atoms with E-state index in [1.54, 1.807) is 6.07 Å². The Balaban J connectivity index is 1.50. The summed E-state index contributed by atoms with van der Waals surface area (Å²) in [7, 11) is 0. The Morgan fingerprint density at radius 2 is 1.54 bits per heavy atom. The number of nitrogens with one attached hydrogen (secondary N) is 2. The summed E-state index contributed by atoms with van der Waals surface area (Å²) in [6, 6.07) is 13.2. The first-order valence-electron chi connectivity index (χ1n) is 8.80. The number of halogens is 1. The van der Waals surface area contributed by atoms with Crippen molar-refractivity contribution < 1.29 is 14.0 Å². The van der Waals surface area contributed by atoms with Gasteiger partial charge in [0.1, 0.15) is 12.2 Å². The van der Waals surface area contributed by atoms with E-state index in [4.69, 9.17) is 0 Å². The van der Waals surface area contributed by atoms with Gasteiger partial charge in [0.25, 0.3) is 0 Å². The quantitative estimate of drug-likeness (QED) is 0.803. The van der Waals surface area contributed by atoms with Crippen LogP contribution in [-0.4, -0.2) is 24.9 Å². The molecular formula is C20H22FN3O2. The van der Waals surface area contributed by atoms with E-state index in [9.17, 15) is 14.0 Å². The molecule has 0 bridgehead atoms. The van der Waals surface area contributed by atoms with Crippen molar-refractivity contribution in [3.63, 3.8) is 0 Å². The molecule has 1 saturated heterocycles. The van der Waals surface area contributed by atoms with Gasteiger partial charge in [0.15, 0.2) is 0 Å². The first-order chi connectivity index (χ1) is 12.6. The number of piperidine rings is 1. The van der Waals surface area contributed by atoms with Gasteiger partial charge in [0.05, 0.1) is 0 Å². The molecule has 0 saturated carbocycles. The average Bonchev–Trinajstić information content (AvgIpc) is 2.63. The molecule has 136 valence electrons. The number of nitrogens with zero attached hydrogens (tertiary/aromatic N) is 1. The smallest absolute Gasteiger partial charge is 0.233 e.